The molecule has 0 saturated heterocycles. The molecule has 0 spiro atoms. The van der Waals surface area contributed by atoms with Gasteiger partial charge < -0.3 is 5.32 Å². The maximum absolute atomic E-state index is 10.8. The minimum Gasteiger partial charge on any atom is -0.307 e. The smallest absolute Gasteiger partial charge is 0.272 e. The lowest BCUT2D eigenvalue weighted by atomic mass is 10.1. The molecule has 1 aromatic heterocycles. The van der Waals surface area contributed by atoms with Crippen LogP contribution in [0.15, 0.2) is 36.5 Å². The Bertz CT molecular complexity index is 572. The molecule has 2 aromatic rings. The second kappa shape index (κ2) is 6.01. The first-order chi connectivity index (χ1) is 9.18. The van der Waals surface area contributed by atoms with Crippen LogP contribution in [-0.2, 0) is 13.1 Å². The number of nitrogens with one attached hydrogen (secondary N) is 1. The van der Waals surface area contributed by atoms with Crippen molar-refractivity contribution in [2.75, 3.05) is 0 Å². The van der Waals surface area contributed by atoms with E-state index in [0.29, 0.717) is 18.7 Å². The Balaban J connectivity index is 2.00. The third kappa shape index (κ3) is 3.32. The van der Waals surface area contributed by atoms with Gasteiger partial charge in [0.15, 0.2) is 0 Å². The van der Waals surface area contributed by atoms with E-state index in [9.17, 15) is 10.1 Å². The summed E-state index contributed by atoms with van der Waals surface area (Å²) in [5.74, 6) is 0. The summed E-state index contributed by atoms with van der Waals surface area (Å²) in [6, 6.07) is 8.79. The SMILES string of the molecule is Cc1c(CNCc2cccnn2)cccc1[N+](=O)[O-]. The van der Waals surface area contributed by atoms with Crippen LogP contribution in [0.3, 0.4) is 0 Å². The van der Waals surface area contributed by atoms with Crippen LogP contribution in [0.4, 0.5) is 5.69 Å². The molecule has 19 heavy (non-hydrogen) atoms. The summed E-state index contributed by atoms with van der Waals surface area (Å²) in [5, 5.41) is 21.8. The third-order valence-electron chi connectivity index (χ3n) is 2.86. The van der Waals surface area contributed by atoms with E-state index >= 15 is 0 Å². The Morgan fingerprint density at radius 1 is 1.26 bits per heavy atom. The second-order valence-electron chi connectivity index (χ2n) is 4.14. The number of hydrogen-bond acceptors (Lipinski definition) is 5. The third-order valence-corrected chi connectivity index (χ3v) is 2.86. The molecule has 1 aromatic carbocycles. The maximum Gasteiger partial charge on any atom is 0.272 e. The molecule has 98 valence electrons. The number of nitrogens with zero attached hydrogens (tertiary/aromatic N) is 3. The molecule has 0 bridgehead atoms. The van der Waals surface area contributed by atoms with E-state index in [-0.39, 0.29) is 10.6 Å². The van der Waals surface area contributed by atoms with Crippen LogP contribution in [0.5, 0.6) is 0 Å². The van der Waals surface area contributed by atoms with Crippen molar-refractivity contribution in [1.82, 2.24) is 15.5 Å². The summed E-state index contributed by atoms with van der Waals surface area (Å²) in [7, 11) is 0. The zero-order valence-corrected chi connectivity index (χ0v) is 10.5. The van der Waals surface area contributed by atoms with Gasteiger partial charge in [0.25, 0.3) is 5.69 Å². The van der Waals surface area contributed by atoms with Crippen LogP contribution in [0.25, 0.3) is 0 Å². The Morgan fingerprint density at radius 2 is 2.11 bits per heavy atom. The molecular weight excluding hydrogens is 244 g/mol. The van der Waals surface area contributed by atoms with Gasteiger partial charge in [0.05, 0.1) is 10.6 Å². The van der Waals surface area contributed by atoms with E-state index < -0.39 is 0 Å². The Morgan fingerprint density at radius 3 is 2.79 bits per heavy atom. The molecule has 0 amide bonds. The number of hydrogen-bond donors (Lipinski definition) is 1. The minimum atomic E-state index is -0.360. The van der Waals surface area contributed by atoms with Crippen molar-refractivity contribution in [3.05, 3.63) is 63.5 Å². The van der Waals surface area contributed by atoms with Crippen molar-refractivity contribution >= 4 is 5.69 Å². The highest BCUT2D eigenvalue weighted by Crippen LogP contribution is 2.20. The minimum absolute atomic E-state index is 0.152. The van der Waals surface area contributed by atoms with Crippen LogP contribution in [0.1, 0.15) is 16.8 Å². The molecule has 0 unspecified atom stereocenters. The summed E-state index contributed by atoms with van der Waals surface area (Å²) < 4.78 is 0. The fourth-order valence-corrected chi connectivity index (χ4v) is 1.81. The van der Waals surface area contributed by atoms with Crippen molar-refractivity contribution < 1.29 is 4.92 Å². The first-order valence-corrected chi connectivity index (χ1v) is 5.88. The topological polar surface area (TPSA) is 81.0 Å². The van der Waals surface area contributed by atoms with Gasteiger partial charge in [-0.3, -0.25) is 10.1 Å². The van der Waals surface area contributed by atoms with Crippen molar-refractivity contribution in [3.63, 3.8) is 0 Å². The molecular formula is C13H14N4O2. The summed E-state index contributed by atoms with van der Waals surface area (Å²) in [6.45, 7) is 2.90. The monoisotopic (exact) mass is 258 g/mol. The molecule has 0 aliphatic heterocycles. The highest BCUT2D eigenvalue weighted by molar-refractivity contribution is 5.44. The number of benzene rings is 1. The average Bonchev–Trinajstić information content (AvgIpc) is 2.41. The van der Waals surface area contributed by atoms with Gasteiger partial charge in [-0.15, -0.1) is 0 Å². The fraction of sp³-hybridized carbons (Fsp3) is 0.231. The zero-order chi connectivity index (χ0) is 13.7. The molecule has 0 aliphatic carbocycles. The van der Waals surface area contributed by atoms with Crippen LogP contribution in [0, 0.1) is 17.0 Å². The highest BCUT2D eigenvalue weighted by Gasteiger charge is 2.12. The predicted molar refractivity (Wildman–Crippen MR) is 70.4 cm³/mol. The lowest BCUT2D eigenvalue weighted by molar-refractivity contribution is -0.385. The zero-order valence-electron chi connectivity index (χ0n) is 10.5. The van der Waals surface area contributed by atoms with Crippen LogP contribution < -0.4 is 5.32 Å². The normalized spacial score (nSPS) is 10.4. The summed E-state index contributed by atoms with van der Waals surface area (Å²) in [5.41, 5.74) is 2.60. The molecule has 2 rings (SSSR count). The quantitative estimate of drug-likeness (QED) is 0.655. The number of aromatic nitrogens is 2. The highest BCUT2D eigenvalue weighted by atomic mass is 16.6. The molecule has 0 aliphatic rings. The molecule has 0 atom stereocenters. The number of nitro benzene ring substituents is 1. The Hall–Kier alpha value is -2.34. The van der Waals surface area contributed by atoms with Gasteiger partial charge in [0, 0.05) is 30.9 Å². The molecule has 6 nitrogen and oxygen atoms in total. The standard InChI is InChI=1S/C13H14N4O2/c1-10-11(4-2-6-13(10)17(18)19)8-14-9-12-5-3-7-15-16-12/h2-7,14H,8-9H2,1H3. The molecule has 6 heteroatoms. The van der Waals surface area contributed by atoms with Crippen LogP contribution in [-0.4, -0.2) is 15.1 Å². The van der Waals surface area contributed by atoms with E-state index in [2.05, 4.69) is 15.5 Å². The van der Waals surface area contributed by atoms with Crippen molar-refractivity contribution in [3.8, 4) is 0 Å². The van der Waals surface area contributed by atoms with Crippen molar-refractivity contribution in [2.24, 2.45) is 0 Å². The Labute approximate surface area is 110 Å². The van der Waals surface area contributed by atoms with E-state index in [0.717, 1.165) is 11.3 Å². The van der Waals surface area contributed by atoms with Gasteiger partial charge in [0.1, 0.15) is 0 Å². The second-order valence-corrected chi connectivity index (χ2v) is 4.14. The average molecular weight is 258 g/mol. The summed E-state index contributed by atoms with van der Waals surface area (Å²) >= 11 is 0. The van der Waals surface area contributed by atoms with Crippen molar-refractivity contribution in [1.29, 1.82) is 0 Å². The van der Waals surface area contributed by atoms with Gasteiger partial charge in [-0.25, -0.2) is 0 Å². The number of rotatable bonds is 5. The molecule has 0 radical (unpaired) electrons. The maximum atomic E-state index is 10.8. The first-order valence-electron chi connectivity index (χ1n) is 5.88. The van der Waals surface area contributed by atoms with Gasteiger partial charge in [-0.1, -0.05) is 12.1 Å². The van der Waals surface area contributed by atoms with E-state index in [4.69, 9.17) is 0 Å². The molecule has 1 N–H and O–H groups in total. The van der Waals surface area contributed by atoms with Gasteiger partial charge >= 0.3 is 0 Å². The first kappa shape index (κ1) is 13.1. The van der Waals surface area contributed by atoms with Crippen LogP contribution >= 0.6 is 0 Å². The number of nitro groups is 1. The predicted octanol–water partition coefficient (Wildman–Crippen LogP) is 1.98. The van der Waals surface area contributed by atoms with Crippen molar-refractivity contribution in [2.45, 2.75) is 20.0 Å². The van der Waals surface area contributed by atoms with E-state index in [1.165, 1.54) is 6.07 Å². The molecule has 0 saturated carbocycles. The van der Waals surface area contributed by atoms with Crippen LogP contribution in [0.2, 0.25) is 0 Å². The summed E-state index contributed by atoms with van der Waals surface area (Å²) in [4.78, 5) is 10.5. The summed E-state index contributed by atoms with van der Waals surface area (Å²) in [6.07, 6.45) is 1.62. The van der Waals surface area contributed by atoms with Gasteiger partial charge in [0.2, 0.25) is 0 Å². The fourth-order valence-electron chi connectivity index (χ4n) is 1.81. The lowest BCUT2D eigenvalue weighted by Crippen LogP contribution is -2.15. The molecule has 0 fully saturated rings. The van der Waals surface area contributed by atoms with Gasteiger partial charge in [-0.05, 0) is 24.6 Å². The Kier molecular flexibility index (Phi) is 4.15. The van der Waals surface area contributed by atoms with Gasteiger partial charge in [-0.2, -0.15) is 10.2 Å². The van der Waals surface area contributed by atoms with E-state index in [1.807, 2.05) is 18.2 Å². The molecule has 1 heterocycles. The largest absolute Gasteiger partial charge is 0.307 e. The lowest BCUT2D eigenvalue weighted by Gasteiger charge is -2.07. The van der Waals surface area contributed by atoms with E-state index in [1.54, 1.807) is 19.2 Å².